The number of pyridine rings is 1. The molecule has 92 valence electrons. The molecule has 1 aliphatic rings. The molecule has 0 amide bonds. The van der Waals surface area contributed by atoms with Crippen LogP contribution in [0, 0.1) is 10.8 Å². The van der Waals surface area contributed by atoms with E-state index >= 15 is 0 Å². The minimum atomic E-state index is -0.0166. The second-order valence-electron chi connectivity index (χ2n) is 5.25. The highest BCUT2D eigenvalue weighted by Gasteiger charge is 2.31. The van der Waals surface area contributed by atoms with Gasteiger partial charge in [-0.25, -0.2) is 4.98 Å². The number of amidine groups is 1. The van der Waals surface area contributed by atoms with Crippen LogP contribution in [0.4, 0.5) is 5.82 Å². The van der Waals surface area contributed by atoms with Gasteiger partial charge in [0, 0.05) is 24.8 Å². The van der Waals surface area contributed by atoms with Crippen LogP contribution in [0.2, 0.25) is 5.02 Å². The zero-order valence-electron chi connectivity index (χ0n) is 10.1. The number of halogens is 1. The molecule has 1 aromatic rings. The molecule has 2 rings (SSSR count). The SMILES string of the molecule is CC1(C)CCN(c2nccc(C(=N)N)c2Cl)C1. The molecule has 0 atom stereocenters. The maximum atomic E-state index is 7.47. The fourth-order valence-corrected chi connectivity index (χ4v) is 2.49. The number of nitrogens with zero attached hydrogens (tertiary/aromatic N) is 2. The third-order valence-electron chi connectivity index (χ3n) is 3.14. The Morgan fingerprint density at radius 3 is 2.82 bits per heavy atom. The molecule has 3 N–H and O–H groups in total. The number of rotatable bonds is 2. The predicted octanol–water partition coefficient (Wildman–Crippen LogP) is 2.26. The van der Waals surface area contributed by atoms with Crippen molar-refractivity contribution in [2.75, 3.05) is 18.0 Å². The van der Waals surface area contributed by atoms with Gasteiger partial charge in [0.25, 0.3) is 0 Å². The molecule has 1 fully saturated rings. The lowest BCUT2D eigenvalue weighted by molar-refractivity contribution is 0.418. The Morgan fingerprint density at radius 2 is 2.29 bits per heavy atom. The van der Waals surface area contributed by atoms with Crippen molar-refractivity contribution in [3.8, 4) is 0 Å². The monoisotopic (exact) mass is 252 g/mol. The Hall–Kier alpha value is -1.29. The van der Waals surface area contributed by atoms with E-state index in [1.54, 1.807) is 12.3 Å². The van der Waals surface area contributed by atoms with Gasteiger partial charge in [-0.15, -0.1) is 0 Å². The highest BCUT2D eigenvalue weighted by molar-refractivity contribution is 6.36. The van der Waals surface area contributed by atoms with Crippen molar-refractivity contribution in [2.45, 2.75) is 20.3 Å². The highest BCUT2D eigenvalue weighted by Crippen LogP contribution is 2.35. The molecule has 1 saturated heterocycles. The molecule has 5 heteroatoms. The van der Waals surface area contributed by atoms with Crippen molar-refractivity contribution in [1.29, 1.82) is 5.41 Å². The summed E-state index contributed by atoms with van der Waals surface area (Å²) in [7, 11) is 0. The number of nitrogens with one attached hydrogen (secondary N) is 1. The van der Waals surface area contributed by atoms with Crippen LogP contribution in [0.15, 0.2) is 12.3 Å². The van der Waals surface area contributed by atoms with Crippen molar-refractivity contribution in [2.24, 2.45) is 11.1 Å². The van der Waals surface area contributed by atoms with Crippen molar-refractivity contribution in [1.82, 2.24) is 4.98 Å². The summed E-state index contributed by atoms with van der Waals surface area (Å²) >= 11 is 6.25. The van der Waals surface area contributed by atoms with Crippen LogP contribution in [0.3, 0.4) is 0 Å². The van der Waals surface area contributed by atoms with Gasteiger partial charge in [0.1, 0.15) is 11.7 Å². The number of hydrogen-bond donors (Lipinski definition) is 2. The van der Waals surface area contributed by atoms with Gasteiger partial charge < -0.3 is 10.6 Å². The first-order valence-electron chi connectivity index (χ1n) is 5.64. The Labute approximate surface area is 106 Å². The zero-order chi connectivity index (χ0) is 12.6. The van der Waals surface area contributed by atoms with Crippen molar-refractivity contribution in [3.63, 3.8) is 0 Å². The molecule has 0 unspecified atom stereocenters. The van der Waals surface area contributed by atoms with Crippen molar-refractivity contribution >= 4 is 23.3 Å². The van der Waals surface area contributed by atoms with Crippen molar-refractivity contribution < 1.29 is 0 Å². The Bertz CT molecular complexity index is 456. The summed E-state index contributed by atoms with van der Waals surface area (Å²) in [5, 5.41) is 7.95. The second-order valence-corrected chi connectivity index (χ2v) is 5.62. The largest absolute Gasteiger partial charge is 0.384 e. The lowest BCUT2D eigenvalue weighted by Gasteiger charge is -2.22. The summed E-state index contributed by atoms with van der Waals surface area (Å²) in [6.07, 6.45) is 2.78. The van der Waals surface area contributed by atoms with E-state index in [0.29, 0.717) is 10.6 Å². The summed E-state index contributed by atoms with van der Waals surface area (Å²) in [6.45, 7) is 6.34. The minimum absolute atomic E-state index is 0.0166. The lowest BCUT2D eigenvalue weighted by atomic mass is 9.93. The quantitative estimate of drug-likeness (QED) is 0.627. The molecule has 4 nitrogen and oxygen atoms in total. The van der Waals surface area contributed by atoms with Gasteiger partial charge in [0.2, 0.25) is 0 Å². The number of nitrogen functional groups attached to an aromatic ring is 1. The van der Waals surface area contributed by atoms with Crippen LogP contribution in [0.1, 0.15) is 25.8 Å². The molecule has 0 radical (unpaired) electrons. The van der Waals surface area contributed by atoms with Crippen LogP contribution >= 0.6 is 11.6 Å². The normalized spacial score (nSPS) is 18.4. The summed E-state index contributed by atoms with van der Waals surface area (Å²) in [4.78, 5) is 6.47. The maximum absolute atomic E-state index is 7.47. The molecular weight excluding hydrogens is 236 g/mol. The average molecular weight is 253 g/mol. The van der Waals surface area contributed by atoms with Gasteiger partial charge in [-0.2, -0.15) is 0 Å². The van der Waals surface area contributed by atoms with Gasteiger partial charge in [-0.05, 0) is 17.9 Å². The molecule has 0 aliphatic carbocycles. The summed E-state index contributed by atoms with van der Waals surface area (Å²) in [5.41, 5.74) is 6.33. The average Bonchev–Trinajstić information content (AvgIpc) is 2.58. The molecule has 0 aromatic carbocycles. The van der Waals surface area contributed by atoms with Crippen LogP contribution in [0.5, 0.6) is 0 Å². The summed E-state index contributed by atoms with van der Waals surface area (Å²) in [6, 6.07) is 1.68. The van der Waals surface area contributed by atoms with Gasteiger partial charge in [0.15, 0.2) is 0 Å². The van der Waals surface area contributed by atoms with Gasteiger partial charge in [-0.3, -0.25) is 5.41 Å². The summed E-state index contributed by atoms with van der Waals surface area (Å²) < 4.78 is 0. The van der Waals surface area contributed by atoms with Crippen molar-refractivity contribution in [3.05, 3.63) is 22.8 Å². The third kappa shape index (κ3) is 2.36. The maximum Gasteiger partial charge on any atom is 0.148 e. The van der Waals surface area contributed by atoms with E-state index in [4.69, 9.17) is 22.7 Å². The van der Waals surface area contributed by atoms with Crippen LogP contribution < -0.4 is 10.6 Å². The van der Waals surface area contributed by atoms with E-state index in [1.807, 2.05) is 0 Å². The van der Waals surface area contributed by atoms with E-state index in [9.17, 15) is 0 Å². The van der Waals surface area contributed by atoms with E-state index < -0.39 is 0 Å². The Balaban J connectivity index is 2.34. The third-order valence-corrected chi connectivity index (χ3v) is 3.51. The lowest BCUT2D eigenvalue weighted by Crippen LogP contribution is -2.24. The number of aromatic nitrogens is 1. The van der Waals surface area contributed by atoms with Gasteiger partial charge in [-0.1, -0.05) is 25.4 Å². The topological polar surface area (TPSA) is 66.0 Å². The molecule has 1 aliphatic heterocycles. The molecule has 2 heterocycles. The van der Waals surface area contributed by atoms with Gasteiger partial charge in [0.05, 0.1) is 5.02 Å². The molecule has 0 bridgehead atoms. The van der Waals surface area contributed by atoms with Crippen LogP contribution in [-0.2, 0) is 0 Å². The van der Waals surface area contributed by atoms with E-state index in [-0.39, 0.29) is 11.3 Å². The minimum Gasteiger partial charge on any atom is -0.384 e. The zero-order valence-corrected chi connectivity index (χ0v) is 10.9. The van der Waals surface area contributed by atoms with Gasteiger partial charge >= 0.3 is 0 Å². The van der Waals surface area contributed by atoms with E-state index in [0.717, 1.165) is 25.3 Å². The Morgan fingerprint density at radius 1 is 1.59 bits per heavy atom. The van der Waals surface area contributed by atoms with E-state index in [1.165, 1.54) is 0 Å². The standard InChI is InChI=1S/C12H17ClN4/c1-12(2)4-6-17(7-12)11-9(13)8(10(14)15)3-5-16-11/h3,5H,4,6-7H2,1-2H3,(H3,14,15). The van der Waals surface area contributed by atoms with Crippen LogP contribution in [0.25, 0.3) is 0 Å². The number of anilines is 1. The highest BCUT2D eigenvalue weighted by atomic mass is 35.5. The number of hydrogen-bond acceptors (Lipinski definition) is 3. The first-order valence-corrected chi connectivity index (χ1v) is 6.02. The van der Waals surface area contributed by atoms with Crippen LogP contribution in [-0.4, -0.2) is 23.9 Å². The smallest absolute Gasteiger partial charge is 0.148 e. The summed E-state index contributed by atoms with van der Waals surface area (Å²) in [5.74, 6) is 0.724. The molecular formula is C12H17ClN4. The fraction of sp³-hybridized carbons (Fsp3) is 0.500. The second kappa shape index (κ2) is 4.18. The fourth-order valence-electron chi connectivity index (χ4n) is 2.15. The molecule has 0 spiro atoms. The first kappa shape index (κ1) is 12.2. The molecule has 0 saturated carbocycles. The Kier molecular flexibility index (Phi) is 3.00. The number of nitrogens with two attached hydrogens (primary N) is 1. The molecule has 17 heavy (non-hydrogen) atoms. The van der Waals surface area contributed by atoms with E-state index in [2.05, 4.69) is 23.7 Å². The predicted molar refractivity (Wildman–Crippen MR) is 70.9 cm³/mol. The molecule has 1 aromatic heterocycles. The first-order chi connectivity index (χ1) is 7.91.